The summed E-state index contributed by atoms with van der Waals surface area (Å²) in [6, 6.07) is 7.22. The highest BCUT2D eigenvalue weighted by Crippen LogP contribution is 2.03. The van der Waals surface area contributed by atoms with Crippen LogP contribution in [0, 0.1) is 11.8 Å². The van der Waals surface area contributed by atoms with Crippen LogP contribution in [0.3, 0.4) is 0 Å². The summed E-state index contributed by atoms with van der Waals surface area (Å²) < 4.78 is 4.80. The fourth-order valence-corrected chi connectivity index (χ4v) is 0.999. The van der Waals surface area contributed by atoms with Gasteiger partial charge in [0.1, 0.15) is 6.61 Å². The number of ketones is 1. The molecule has 1 aromatic carbocycles. The SMILES string of the molecule is COCC#Cc1ccc(C(C)=O)cc1. The molecule has 2 nitrogen and oxygen atoms in total. The number of hydrogen-bond donors (Lipinski definition) is 0. The van der Waals surface area contributed by atoms with Crippen molar-refractivity contribution in [2.75, 3.05) is 13.7 Å². The van der Waals surface area contributed by atoms with Crippen molar-refractivity contribution in [1.82, 2.24) is 0 Å². The van der Waals surface area contributed by atoms with Gasteiger partial charge in [-0.25, -0.2) is 0 Å². The van der Waals surface area contributed by atoms with Gasteiger partial charge < -0.3 is 4.74 Å². The molecule has 0 heterocycles. The van der Waals surface area contributed by atoms with Gasteiger partial charge in [-0.3, -0.25) is 4.79 Å². The molecular weight excluding hydrogens is 176 g/mol. The maximum absolute atomic E-state index is 11.0. The number of hydrogen-bond acceptors (Lipinski definition) is 2. The molecule has 0 amide bonds. The first-order valence-corrected chi connectivity index (χ1v) is 4.33. The number of methoxy groups -OCH3 is 1. The second-order valence-corrected chi connectivity index (χ2v) is 2.87. The van der Waals surface area contributed by atoms with Crippen LogP contribution in [0.4, 0.5) is 0 Å². The van der Waals surface area contributed by atoms with E-state index in [1.54, 1.807) is 26.2 Å². The summed E-state index contributed by atoms with van der Waals surface area (Å²) >= 11 is 0. The lowest BCUT2D eigenvalue weighted by molar-refractivity contribution is 0.101. The molecule has 0 aliphatic heterocycles. The van der Waals surface area contributed by atoms with Crippen LogP contribution in [0.1, 0.15) is 22.8 Å². The van der Waals surface area contributed by atoms with Gasteiger partial charge in [0.05, 0.1) is 0 Å². The van der Waals surface area contributed by atoms with Crippen LogP contribution in [-0.4, -0.2) is 19.5 Å². The summed E-state index contributed by atoms with van der Waals surface area (Å²) in [5, 5.41) is 0. The van der Waals surface area contributed by atoms with Crippen LogP contribution >= 0.6 is 0 Å². The molecule has 0 saturated carbocycles. The molecule has 72 valence electrons. The standard InChI is InChI=1S/C12H12O2/c1-10(13)12-7-5-11(6-8-12)4-3-9-14-2/h5-8H,9H2,1-2H3. The zero-order valence-corrected chi connectivity index (χ0v) is 8.33. The summed E-state index contributed by atoms with van der Waals surface area (Å²) in [7, 11) is 1.60. The van der Waals surface area contributed by atoms with Crippen LogP contribution < -0.4 is 0 Å². The van der Waals surface area contributed by atoms with Gasteiger partial charge in [0.15, 0.2) is 5.78 Å². The summed E-state index contributed by atoms with van der Waals surface area (Å²) in [4.78, 5) is 11.0. The maximum Gasteiger partial charge on any atom is 0.159 e. The Morgan fingerprint density at radius 3 is 2.50 bits per heavy atom. The van der Waals surface area contributed by atoms with Crippen molar-refractivity contribution in [2.45, 2.75) is 6.92 Å². The molecule has 0 unspecified atom stereocenters. The Balaban J connectivity index is 2.75. The van der Waals surface area contributed by atoms with Crippen molar-refractivity contribution in [3.8, 4) is 11.8 Å². The van der Waals surface area contributed by atoms with Crippen molar-refractivity contribution < 1.29 is 9.53 Å². The van der Waals surface area contributed by atoms with E-state index in [4.69, 9.17) is 4.74 Å². The molecule has 2 heteroatoms. The molecule has 0 N–H and O–H groups in total. The average molecular weight is 188 g/mol. The lowest BCUT2D eigenvalue weighted by Crippen LogP contribution is -1.90. The molecule has 14 heavy (non-hydrogen) atoms. The molecule has 0 atom stereocenters. The first-order chi connectivity index (χ1) is 6.74. The average Bonchev–Trinajstić information content (AvgIpc) is 2.19. The third-order valence-electron chi connectivity index (χ3n) is 1.74. The maximum atomic E-state index is 11.0. The fraction of sp³-hybridized carbons (Fsp3) is 0.250. The lowest BCUT2D eigenvalue weighted by atomic mass is 10.1. The van der Waals surface area contributed by atoms with Crippen molar-refractivity contribution >= 4 is 5.78 Å². The fourth-order valence-electron chi connectivity index (χ4n) is 0.999. The van der Waals surface area contributed by atoms with Crippen LogP contribution in [0.15, 0.2) is 24.3 Å². The van der Waals surface area contributed by atoms with E-state index in [0.29, 0.717) is 12.2 Å². The zero-order chi connectivity index (χ0) is 10.4. The van der Waals surface area contributed by atoms with E-state index in [9.17, 15) is 4.79 Å². The van der Waals surface area contributed by atoms with Crippen LogP contribution in [-0.2, 0) is 4.74 Å². The van der Waals surface area contributed by atoms with Gasteiger partial charge in [-0.1, -0.05) is 24.0 Å². The molecule has 1 aromatic rings. The van der Waals surface area contributed by atoms with E-state index < -0.39 is 0 Å². The van der Waals surface area contributed by atoms with E-state index in [2.05, 4.69) is 11.8 Å². The number of ether oxygens (including phenoxy) is 1. The molecule has 0 aliphatic carbocycles. The normalized spacial score (nSPS) is 9.00. The first kappa shape index (κ1) is 10.5. The number of rotatable bonds is 2. The predicted octanol–water partition coefficient (Wildman–Crippen LogP) is 1.89. The topological polar surface area (TPSA) is 26.3 Å². The Labute approximate surface area is 83.9 Å². The Bertz CT molecular complexity index is 366. The zero-order valence-electron chi connectivity index (χ0n) is 8.33. The van der Waals surface area contributed by atoms with Crippen LogP contribution in [0.5, 0.6) is 0 Å². The van der Waals surface area contributed by atoms with E-state index >= 15 is 0 Å². The Morgan fingerprint density at radius 1 is 1.36 bits per heavy atom. The molecule has 0 aromatic heterocycles. The molecule has 0 saturated heterocycles. The van der Waals surface area contributed by atoms with Crippen molar-refractivity contribution in [3.63, 3.8) is 0 Å². The molecule has 0 fully saturated rings. The lowest BCUT2D eigenvalue weighted by Gasteiger charge is -1.94. The summed E-state index contributed by atoms with van der Waals surface area (Å²) in [6.45, 7) is 1.97. The largest absolute Gasteiger partial charge is 0.372 e. The predicted molar refractivity (Wildman–Crippen MR) is 55.2 cm³/mol. The monoisotopic (exact) mass is 188 g/mol. The van der Waals surface area contributed by atoms with Crippen molar-refractivity contribution in [2.24, 2.45) is 0 Å². The quantitative estimate of drug-likeness (QED) is 0.523. The molecule has 0 radical (unpaired) electrons. The van der Waals surface area contributed by atoms with Gasteiger partial charge in [0, 0.05) is 18.2 Å². The van der Waals surface area contributed by atoms with Gasteiger partial charge in [0.2, 0.25) is 0 Å². The minimum Gasteiger partial charge on any atom is -0.372 e. The van der Waals surface area contributed by atoms with Gasteiger partial charge in [0.25, 0.3) is 0 Å². The minimum atomic E-state index is 0.0707. The van der Waals surface area contributed by atoms with E-state index in [-0.39, 0.29) is 5.78 Å². The van der Waals surface area contributed by atoms with E-state index in [1.165, 1.54) is 0 Å². The smallest absolute Gasteiger partial charge is 0.159 e. The van der Waals surface area contributed by atoms with E-state index in [0.717, 1.165) is 5.56 Å². The summed E-state index contributed by atoms with van der Waals surface area (Å²) in [6.07, 6.45) is 0. The number of Topliss-reactive ketones (excluding diaryl/α,β-unsaturated/α-hetero) is 1. The van der Waals surface area contributed by atoms with Crippen molar-refractivity contribution in [1.29, 1.82) is 0 Å². The van der Waals surface area contributed by atoms with Gasteiger partial charge in [-0.05, 0) is 19.1 Å². The highest BCUT2D eigenvalue weighted by Gasteiger charge is 1.96. The Hall–Kier alpha value is -1.59. The summed E-state index contributed by atoms with van der Waals surface area (Å²) in [5.74, 6) is 5.84. The third kappa shape index (κ3) is 3.04. The number of carbonyl (C=O) groups is 1. The minimum absolute atomic E-state index is 0.0707. The van der Waals surface area contributed by atoms with Gasteiger partial charge in [-0.15, -0.1) is 0 Å². The second-order valence-electron chi connectivity index (χ2n) is 2.87. The molecule has 0 bridgehead atoms. The van der Waals surface area contributed by atoms with Crippen LogP contribution in [0.25, 0.3) is 0 Å². The first-order valence-electron chi connectivity index (χ1n) is 4.33. The highest BCUT2D eigenvalue weighted by molar-refractivity contribution is 5.94. The molecule has 0 aliphatic rings. The molecule has 0 spiro atoms. The van der Waals surface area contributed by atoms with Gasteiger partial charge >= 0.3 is 0 Å². The second kappa shape index (κ2) is 5.21. The Kier molecular flexibility index (Phi) is 3.90. The summed E-state index contributed by atoms with van der Waals surface area (Å²) in [5.41, 5.74) is 1.61. The molecular formula is C12H12O2. The highest BCUT2D eigenvalue weighted by atomic mass is 16.5. The van der Waals surface area contributed by atoms with Crippen LogP contribution in [0.2, 0.25) is 0 Å². The third-order valence-corrected chi connectivity index (χ3v) is 1.74. The van der Waals surface area contributed by atoms with E-state index in [1.807, 2.05) is 12.1 Å². The van der Waals surface area contributed by atoms with Crippen molar-refractivity contribution in [3.05, 3.63) is 35.4 Å². The number of carbonyl (C=O) groups excluding carboxylic acids is 1. The Morgan fingerprint density at radius 2 is 2.00 bits per heavy atom. The van der Waals surface area contributed by atoms with Gasteiger partial charge in [-0.2, -0.15) is 0 Å². The molecule has 1 rings (SSSR count). The number of benzene rings is 1.